The van der Waals surface area contributed by atoms with E-state index in [9.17, 15) is 52.7 Å². The number of hydrogen-bond acceptors (Lipinski definition) is 2. The molecule has 8 aromatic carbocycles. The fraction of sp³-hybridized carbons (Fsp3) is 0.0714. The Balaban J connectivity index is 1.33. The molecule has 0 radical (unpaired) electrons. The van der Waals surface area contributed by atoms with E-state index in [0.717, 1.165) is 24.3 Å². The molecule has 0 atom stereocenters. The largest absolute Gasteiger partial charge is 0.416 e. The fourth-order valence-electron chi connectivity index (χ4n) is 8.78. The van der Waals surface area contributed by atoms with Crippen LogP contribution in [0.15, 0.2) is 188 Å². The molecule has 0 unspecified atom stereocenters. The summed E-state index contributed by atoms with van der Waals surface area (Å²) in [5.74, 6) is 0.0735. The molecule has 0 saturated carbocycles. The van der Waals surface area contributed by atoms with Gasteiger partial charge in [-0.1, -0.05) is 109 Å². The lowest BCUT2D eigenvalue weighted by Crippen LogP contribution is -2.11. The summed E-state index contributed by atoms with van der Waals surface area (Å²) in [5, 5.41) is 0.706. The number of fused-ring (bicyclic) bond motifs is 3. The Morgan fingerprint density at radius 3 is 1.23 bits per heavy atom. The quantitative estimate of drug-likeness (QED) is 0.149. The molecule has 10 rings (SSSR count). The first kappa shape index (κ1) is 46.5. The molecule has 0 spiro atoms. The summed E-state index contributed by atoms with van der Waals surface area (Å²) in [6.07, 6.45) is -20.0. The molecule has 0 N–H and O–H groups in total. The lowest BCUT2D eigenvalue weighted by molar-refractivity contribution is -0.143. The van der Waals surface area contributed by atoms with Gasteiger partial charge in [-0.2, -0.15) is 52.7 Å². The molecule has 15 heteroatoms. The summed E-state index contributed by atoms with van der Waals surface area (Å²) in [5.41, 5.74) is -2.25. The Kier molecular flexibility index (Phi) is 11.4. The number of halogens is 12. The van der Waals surface area contributed by atoms with Crippen LogP contribution in [0.4, 0.5) is 52.7 Å². The molecule has 0 aliphatic rings. The molecule has 10 aromatic rings. The van der Waals surface area contributed by atoms with Gasteiger partial charge in [0, 0.05) is 38.6 Å². The van der Waals surface area contributed by atoms with Crippen molar-refractivity contribution in [3.63, 3.8) is 0 Å². The van der Waals surface area contributed by atoms with Crippen LogP contribution >= 0.6 is 0 Å². The van der Waals surface area contributed by atoms with Crippen molar-refractivity contribution in [2.45, 2.75) is 24.7 Å². The van der Waals surface area contributed by atoms with Crippen molar-refractivity contribution in [1.29, 1.82) is 0 Å². The maximum Gasteiger partial charge on any atom is 0.416 e. The molecule has 354 valence electrons. The van der Waals surface area contributed by atoms with E-state index in [4.69, 9.17) is 9.97 Å². The Labute approximate surface area is 395 Å². The van der Waals surface area contributed by atoms with Crippen LogP contribution in [0.25, 0.3) is 94.8 Å². The maximum absolute atomic E-state index is 14.6. The van der Waals surface area contributed by atoms with Crippen molar-refractivity contribution in [3.05, 3.63) is 210 Å². The molecule has 2 aromatic heterocycles. The van der Waals surface area contributed by atoms with E-state index in [-0.39, 0.29) is 56.5 Å². The topological polar surface area (TPSA) is 30.7 Å². The summed E-state index contributed by atoms with van der Waals surface area (Å²) in [4.78, 5) is 9.87. The molecule has 0 fully saturated rings. The molecule has 2 heterocycles. The monoisotopic (exact) mass is 973 g/mol. The van der Waals surface area contributed by atoms with E-state index in [1.54, 1.807) is 71.3 Å². The van der Waals surface area contributed by atoms with Crippen LogP contribution in [0, 0.1) is 0 Å². The second-order valence-electron chi connectivity index (χ2n) is 16.7. The third-order valence-corrected chi connectivity index (χ3v) is 12.1. The van der Waals surface area contributed by atoms with Crippen molar-refractivity contribution in [3.8, 4) is 73.0 Å². The van der Waals surface area contributed by atoms with Gasteiger partial charge in [-0.25, -0.2) is 9.97 Å². The van der Waals surface area contributed by atoms with E-state index in [1.165, 1.54) is 42.5 Å². The van der Waals surface area contributed by atoms with E-state index >= 15 is 0 Å². The van der Waals surface area contributed by atoms with Crippen LogP contribution in [0.1, 0.15) is 22.3 Å². The highest BCUT2D eigenvalue weighted by molar-refractivity contribution is 6.12. The standard InChI is InChI=1S/C56H31F12N3/c57-53(58,59)39-17-9-15-35(23-39)44-28-38(52-69-47(32-11-3-1-4-12-32)31-48(70-52)33-13-5-2-6-14-33)29-45(36-16-10-18-40(24-36)54(60,61)62)51(44)71-49-20-8-7-19-43(49)46-27-34(21-22-50(46)71)37-25-41(55(63,64)65)30-42(26-37)56(66,67)68/h1-31H. The third-order valence-electron chi connectivity index (χ3n) is 12.1. The minimum absolute atomic E-state index is 0.0152. The van der Waals surface area contributed by atoms with Crippen LogP contribution in [0.3, 0.4) is 0 Å². The predicted octanol–water partition coefficient (Wildman–Crippen LogP) is 17.7. The Bertz CT molecular complexity index is 3480. The van der Waals surface area contributed by atoms with Gasteiger partial charge in [0.15, 0.2) is 5.82 Å². The van der Waals surface area contributed by atoms with Crippen molar-refractivity contribution in [2.24, 2.45) is 0 Å². The van der Waals surface area contributed by atoms with Crippen molar-refractivity contribution < 1.29 is 52.7 Å². The second-order valence-corrected chi connectivity index (χ2v) is 16.7. The van der Waals surface area contributed by atoms with Gasteiger partial charge in [0.05, 0.1) is 50.4 Å². The zero-order valence-electron chi connectivity index (χ0n) is 36.3. The van der Waals surface area contributed by atoms with Crippen LogP contribution in [-0.2, 0) is 24.7 Å². The highest BCUT2D eigenvalue weighted by atomic mass is 19.4. The van der Waals surface area contributed by atoms with Gasteiger partial charge in [-0.15, -0.1) is 0 Å². The number of rotatable bonds is 7. The average Bonchev–Trinajstić information content (AvgIpc) is 3.68. The first-order chi connectivity index (χ1) is 33.7. The molecule has 0 bridgehead atoms. The van der Waals surface area contributed by atoms with Gasteiger partial charge in [-0.3, -0.25) is 0 Å². The molecule has 0 aliphatic carbocycles. The second kappa shape index (κ2) is 17.3. The van der Waals surface area contributed by atoms with Crippen molar-refractivity contribution in [1.82, 2.24) is 14.5 Å². The van der Waals surface area contributed by atoms with E-state index in [1.807, 2.05) is 36.4 Å². The number of nitrogens with zero attached hydrogens (tertiary/aromatic N) is 3. The first-order valence-corrected chi connectivity index (χ1v) is 21.6. The summed E-state index contributed by atoms with van der Waals surface area (Å²) < 4.78 is 174. The number of hydrogen-bond donors (Lipinski definition) is 0. The number of para-hydroxylation sites is 1. The molecule has 0 saturated heterocycles. The van der Waals surface area contributed by atoms with E-state index in [0.29, 0.717) is 50.9 Å². The van der Waals surface area contributed by atoms with Gasteiger partial charge in [0.1, 0.15) is 0 Å². The summed E-state index contributed by atoms with van der Waals surface area (Å²) >= 11 is 0. The van der Waals surface area contributed by atoms with Gasteiger partial charge in [-0.05, 0) is 101 Å². The summed E-state index contributed by atoms with van der Waals surface area (Å²) in [6.45, 7) is 0. The van der Waals surface area contributed by atoms with Gasteiger partial charge >= 0.3 is 24.7 Å². The normalized spacial score (nSPS) is 12.5. The molecule has 0 aliphatic heterocycles. The maximum atomic E-state index is 14.6. The lowest BCUT2D eigenvalue weighted by Gasteiger charge is -2.22. The number of benzene rings is 8. The van der Waals surface area contributed by atoms with Gasteiger partial charge < -0.3 is 4.57 Å². The minimum Gasteiger partial charge on any atom is -0.308 e. The average molecular weight is 974 g/mol. The first-order valence-electron chi connectivity index (χ1n) is 21.6. The highest BCUT2D eigenvalue weighted by Crippen LogP contribution is 2.47. The highest BCUT2D eigenvalue weighted by Gasteiger charge is 2.38. The third kappa shape index (κ3) is 9.10. The Morgan fingerprint density at radius 2 is 0.732 bits per heavy atom. The van der Waals surface area contributed by atoms with Crippen LogP contribution in [-0.4, -0.2) is 14.5 Å². The van der Waals surface area contributed by atoms with Crippen LogP contribution in [0.2, 0.25) is 0 Å². The Morgan fingerprint density at radius 1 is 0.296 bits per heavy atom. The van der Waals surface area contributed by atoms with E-state index in [2.05, 4.69) is 0 Å². The summed E-state index contributed by atoms with van der Waals surface area (Å²) in [6, 6.07) is 43.7. The Hall–Kier alpha value is -8.20. The molecule has 3 nitrogen and oxygen atoms in total. The number of alkyl halides is 12. The zero-order valence-corrected chi connectivity index (χ0v) is 36.3. The van der Waals surface area contributed by atoms with Crippen LogP contribution in [0.5, 0.6) is 0 Å². The molecular formula is C56H31F12N3. The van der Waals surface area contributed by atoms with Crippen molar-refractivity contribution in [2.75, 3.05) is 0 Å². The predicted molar refractivity (Wildman–Crippen MR) is 249 cm³/mol. The van der Waals surface area contributed by atoms with Gasteiger partial charge in [0.25, 0.3) is 0 Å². The molecular weight excluding hydrogens is 943 g/mol. The summed E-state index contributed by atoms with van der Waals surface area (Å²) in [7, 11) is 0. The fourth-order valence-corrected chi connectivity index (χ4v) is 8.78. The van der Waals surface area contributed by atoms with Crippen molar-refractivity contribution >= 4 is 21.8 Å². The van der Waals surface area contributed by atoms with Crippen LogP contribution < -0.4 is 0 Å². The lowest BCUT2D eigenvalue weighted by atomic mass is 9.91. The minimum atomic E-state index is -5.14. The number of aromatic nitrogens is 3. The molecule has 0 amide bonds. The molecule has 71 heavy (non-hydrogen) atoms. The SMILES string of the molecule is FC(F)(F)c1cccc(-c2cc(-c3nc(-c4ccccc4)cc(-c4ccccc4)n3)cc(-c3cccc(C(F)(F)F)c3)c2-n2c3ccccc3c3cc(-c4cc(C(F)(F)F)cc(C(F)(F)F)c4)ccc32)c1. The smallest absolute Gasteiger partial charge is 0.308 e. The van der Waals surface area contributed by atoms with Gasteiger partial charge in [0.2, 0.25) is 0 Å². The zero-order chi connectivity index (χ0) is 50.0. The van der Waals surface area contributed by atoms with E-state index < -0.39 is 52.5 Å².